The monoisotopic (exact) mass is 321 g/mol. The molecule has 1 N–H and O–H groups in total. The third-order valence-corrected chi connectivity index (χ3v) is 4.00. The molecule has 0 fully saturated rings. The molecule has 2 aromatic heterocycles. The highest BCUT2D eigenvalue weighted by Gasteiger charge is 2.32. The highest BCUT2D eigenvalue weighted by molar-refractivity contribution is 6.10. The number of anilines is 1. The lowest BCUT2D eigenvalue weighted by Crippen LogP contribution is -2.23. The van der Waals surface area contributed by atoms with E-state index < -0.39 is 5.82 Å². The second-order valence-corrected chi connectivity index (χ2v) is 5.43. The smallest absolute Gasteiger partial charge is 0.260 e. The molecule has 0 spiro atoms. The van der Waals surface area contributed by atoms with Gasteiger partial charge in [0.05, 0.1) is 18.4 Å². The van der Waals surface area contributed by atoms with E-state index in [9.17, 15) is 14.3 Å². The number of benzene rings is 1. The summed E-state index contributed by atoms with van der Waals surface area (Å²) in [6.07, 6.45) is 2.62. The predicted octanol–water partition coefficient (Wildman–Crippen LogP) is 3.15. The number of nitrogens with zero attached hydrogens (tertiary/aromatic N) is 3. The number of aromatic hydroxyl groups is 1. The Morgan fingerprint density at radius 3 is 2.62 bits per heavy atom. The van der Waals surface area contributed by atoms with Crippen molar-refractivity contribution in [1.29, 1.82) is 0 Å². The number of phenols is 1. The summed E-state index contributed by atoms with van der Waals surface area (Å²) in [6, 6.07) is 11.2. The van der Waals surface area contributed by atoms with Crippen molar-refractivity contribution in [3.63, 3.8) is 0 Å². The Bertz CT molecular complexity index is 941. The first-order chi connectivity index (χ1) is 11.6. The summed E-state index contributed by atoms with van der Waals surface area (Å²) in [5.41, 5.74) is 2.35. The van der Waals surface area contributed by atoms with Crippen LogP contribution in [0.3, 0.4) is 0 Å². The Kier molecular flexibility index (Phi) is 3.23. The van der Waals surface area contributed by atoms with Gasteiger partial charge in [0, 0.05) is 22.9 Å². The highest BCUT2D eigenvalue weighted by Crippen LogP contribution is 2.36. The van der Waals surface area contributed by atoms with Crippen LogP contribution in [0.25, 0.3) is 11.3 Å². The van der Waals surface area contributed by atoms with E-state index in [1.165, 1.54) is 17.0 Å². The normalized spacial score (nSPS) is 13.2. The molecule has 5 nitrogen and oxygen atoms in total. The molecule has 0 atom stereocenters. The van der Waals surface area contributed by atoms with E-state index in [0.29, 0.717) is 22.6 Å². The van der Waals surface area contributed by atoms with E-state index in [-0.39, 0.29) is 18.2 Å². The van der Waals surface area contributed by atoms with Crippen LogP contribution in [0, 0.1) is 5.82 Å². The van der Waals surface area contributed by atoms with Gasteiger partial charge in [0.25, 0.3) is 5.91 Å². The average Bonchev–Trinajstić information content (AvgIpc) is 2.93. The Hall–Kier alpha value is -3.28. The van der Waals surface area contributed by atoms with Crippen LogP contribution in [0.2, 0.25) is 0 Å². The van der Waals surface area contributed by atoms with Crippen molar-refractivity contribution < 1.29 is 14.3 Å². The number of carbonyl (C=O) groups is 1. The van der Waals surface area contributed by atoms with Crippen LogP contribution in [-0.4, -0.2) is 21.0 Å². The van der Waals surface area contributed by atoms with Gasteiger partial charge in [-0.1, -0.05) is 12.1 Å². The van der Waals surface area contributed by atoms with E-state index in [0.717, 1.165) is 11.8 Å². The Balaban J connectivity index is 1.80. The van der Waals surface area contributed by atoms with Gasteiger partial charge in [-0.25, -0.2) is 9.37 Å². The number of halogens is 1. The maximum absolute atomic E-state index is 13.1. The lowest BCUT2D eigenvalue weighted by molar-refractivity contribution is 0.0996. The van der Waals surface area contributed by atoms with Crippen molar-refractivity contribution in [2.45, 2.75) is 6.54 Å². The average molecular weight is 321 g/mol. The molecule has 1 amide bonds. The van der Waals surface area contributed by atoms with Gasteiger partial charge in [0.2, 0.25) is 0 Å². The summed E-state index contributed by atoms with van der Waals surface area (Å²) in [4.78, 5) is 22.4. The first-order valence-corrected chi connectivity index (χ1v) is 7.35. The molecule has 3 heterocycles. The SMILES string of the molecule is O=C1c2ccnc(-c3ccccc3O)c2CN1c1ccc(F)cn1. The van der Waals surface area contributed by atoms with Crippen LogP contribution in [0.1, 0.15) is 15.9 Å². The number of carbonyl (C=O) groups excluding carboxylic acids is 1. The molecule has 0 unspecified atom stereocenters. The zero-order valence-corrected chi connectivity index (χ0v) is 12.5. The largest absolute Gasteiger partial charge is 0.507 e. The number of rotatable bonds is 2. The van der Waals surface area contributed by atoms with Gasteiger partial charge in [-0.05, 0) is 30.3 Å². The van der Waals surface area contributed by atoms with Crippen LogP contribution in [0.15, 0.2) is 54.9 Å². The topological polar surface area (TPSA) is 66.3 Å². The minimum absolute atomic E-state index is 0.101. The van der Waals surface area contributed by atoms with Crippen LogP contribution >= 0.6 is 0 Å². The van der Waals surface area contributed by atoms with Gasteiger partial charge in [-0.2, -0.15) is 0 Å². The predicted molar refractivity (Wildman–Crippen MR) is 86.0 cm³/mol. The van der Waals surface area contributed by atoms with Crippen LogP contribution in [0.5, 0.6) is 5.75 Å². The van der Waals surface area contributed by atoms with E-state index in [4.69, 9.17) is 0 Å². The summed E-state index contributed by atoms with van der Waals surface area (Å²) in [5.74, 6) is -0.201. The number of aromatic nitrogens is 2. The summed E-state index contributed by atoms with van der Waals surface area (Å²) in [5, 5.41) is 10.1. The molecular weight excluding hydrogens is 309 g/mol. The molecule has 118 valence electrons. The summed E-state index contributed by atoms with van der Waals surface area (Å²) < 4.78 is 13.1. The fourth-order valence-corrected chi connectivity index (χ4v) is 2.85. The first kappa shape index (κ1) is 14.3. The van der Waals surface area contributed by atoms with Gasteiger partial charge in [-0.3, -0.25) is 14.7 Å². The van der Waals surface area contributed by atoms with Crippen LogP contribution in [0.4, 0.5) is 10.2 Å². The standard InChI is InChI=1S/C18H12FN3O2/c19-11-5-6-16(21-9-11)22-10-14-12(18(22)24)7-8-20-17(14)13-3-1-2-4-15(13)23/h1-9,23H,10H2. The maximum Gasteiger partial charge on any atom is 0.260 e. The lowest BCUT2D eigenvalue weighted by Gasteiger charge is -2.14. The second-order valence-electron chi connectivity index (χ2n) is 5.43. The zero-order valence-electron chi connectivity index (χ0n) is 12.5. The highest BCUT2D eigenvalue weighted by atomic mass is 19.1. The molecule has 1 aromatic carbocycles. The molecule has 0 saturated carbocycles. The maximum atomic E-state index is 13.1. The van der Waals surface area contributed by atoms with Gasteiger partial charge in [0.1, 0.15) is 17.4 Å². The number of fused-ring (bicyclic) bond motifs is 1. The third kappa shape index (κ3) is 2.20. The van der Waals surface area contributed by atoms with Crippen molar-refractivity contribution in [3.8, 4) is 17.0 Å². The summed E-state index contributed by atoms with van der Waals surface area (Å²) >= 11 is 0. The Morgan fingerprint density at radius 2 is 1.88 bits per heavy atom. The quantitative estimate of drug-likeness (QED) is 0.787. The van der Waals surface area contributed by atoms with Crippen LogP contribution < -0.4 is 4.90 Å². The summed E-state index contributed by atoms with van der Waals surface area (Å²) in [7, 11) is 0. The van der Waals surface area contributed by atoms with Crippen molar-refractivity contribution in [3.05, 3.63) is 71.8 Å². The Morgan fingerprint density at radius 1 is 1.04 bits per heavy atom. The minimum atomic E-state index is -0.459. The molecule has 1 aliphatic rings. The van der Waals surface area contributed by atoms with Crippen molar-refractivity contribution >= 4 is 11.7 Å². The van der Waals surface area contributed by atoms with Gasteiger partial charge in [-0.15, -0.1) is 0 Å². The first-order valence-electron chi connectivity index (χ1n) is 7.35. The van der Waals surface area contributed by atoms with Crippen molar-refractivity contribution in [1.82, 2.24) is 9.97 Å². The molecular formula is C18H12FN3O2. The molecule has 1 aliphatic heterocycles. The number of phenolic OH excluding ortho intramolecular Hbond substituents is 1. The van der Waals surface area contributed by atoms with E-state index in [2.05, 4.69) is 9.97 Å². The van der Waals surface area contributed by atoms with E-state index in [1.54, 1.807) is 36.5 Å². The molecule has 0 radical (unpaired) electrons. The number of para-hydroxylation sites is 1. The van der Waals surface area contributed by atoms with Crippen LogP contribution in [-0.2, 0) is 6.54 Å². The number of amides is 1. The molecule has 4 rings (SSSR count). The summed E-state index contributed by atoms with van der Waals surface area (Å²) in [6.45, 7) is 0.268. The zero-order chi connectivity index (χ0) is 16.7. The fourth-order valence-electron chi connectivity index (χ4n) is 2.85. The van der Waals surface area contributed by atoms with Crippen molar-refractivity contribution in [2.75, 3.05) is 4.90 Å². The molecule has 24 heavy (non-hydrogen) atoms. The minimum Gasteiger partial charge on any atom is -0.507 e. The number of hydrogen-bond donors (Lipinski definition) is 1. The van der Waals surface area contributed by atoms with Crippen molar-refractivity contribution in [2.24, 2.45) is 0 Å². The van der Waals surface area contributed by atoms with E-state index >= 15 is 0 Å². The fraction of sp³-hybridized carbons (Fsp3) is 0.0556. The number of pyridine rings is 2. The number of hydrogen-bond acceptors (Lipinski definition) is 4. The van der Waals surface area contributed by atoms with Gasteiger partial charge < -0.3 is 5.11 Å². The van der Waals surface area contributed by atoms with Gasteiger partial charge in [0.15, 0.2) is 0 Å². The lowest BCUT2D eigenvalue weighted by atomic mass is 10.0. The Labute approximate surface area is 137 Å². The van der Waals surface area contributed by atoms with Gasteiger partial charge >= 0.3 is 0 Å². The third-order valence-electron chi connectivity index (χ3n) is 4.00. The molecule has 3 aromatic rings. The second kappa shape index (κ2) is 5.42. The molecule has 0 bridgehead atoms. The van der Waals surface area contributed by atoms with E-state index in [1.807, 2.05) is 0 Å². The molecule has 0 saturated heterocycles. The molecule has 6 heteroatoms. The molecule has 0 aliphatic carbocycles.